The summed E-state index contributed by atoms with van der Waals surface area (Å²) in [5.74, 6) is 1.65. The zero-order valence-corrected chi connectivity index (χ0v) is 17.3. The van der Waals surface area contributed by atoms with Crippen LogP contribution in [-0.2, 0) is 11.3 Å². The Morgan fingerprint density at radius 3 is 2.46 bits per heavy atom. The molecule has 3 aromatic rings. The summed E-state index contributed by atoms with van der Waals surface area (Å²) in [6.45, 7) is 3.89. The number of pyridine rings is 1. The number of methoxy groups -OCH3 is 1. The summed E-state index contributed by atoms with van der Waals surface area (Å²) in [6, 6.07) is 19.0. The Labute approximate surface area is 167 Å². The molecule has 6 heteroatoms. The molecule has 0 radical (unpaired) electrons. The lowest BCUT2D eigenvalue weighted by molar-refractivity contribution is -0.116. The van der Waals surface area contributed by atoms with Gasteiger partial charge in [0, 0.05) is 12.5 Å². The Hall–Kier alpha value is -2.91. The average molecular weight is 394 g/mol. The SMILES string of the molecule is COc1ccccc1CN(C(C)=O)c1ccc(P)nc1Oc1ccc(C)cc1. The van der Waals surface area contributed by atoms with Crippen LogP contribution in [0.1, 0.15) is 18.1 Å². The molecular formula is C22H23N2O3P. The lowest BCUT2D eigenvalue weighted by Gasteiger charge is -2.24. The van der Waals surface area contributed by atoms with Gasteiger partial charge < -0.3 is 14.4 Å². The Morgan fingerprint density at radius 1 is 1.07 bits per heavy atom. The van der Waals surface area contributed by atoms with Gasteiger partial charge >= 0.3 is 0 Å². The number of rotatable bonds is 6. The van der Waals surface area contributed by atoms with Crippen molar-refractivity contribution in [1.29, 1.82) is 0 Å². The molecule has 1 atom stereocenters. The number of carbonyl (C=O) groups is 1. The molecule has 0 aliphatic rings. The highest BCUT2D eigenvalue weighted by Gasteiger charge is 2.20. The number of aryl methyl sites for hydroxylation is 1. The van der Waals surface area contributed by atoms with Gasteiger partial charge in [-0.25, -0.2) is 4.98 Å². The predicted octanol–water partition coefficient (Wildman–Crippen LogP) is 4.24. The Morgan fingerprint density at radius 2 is 1.79 bits per heavy atom. The topological polar surface area (TPSA) is 51.7 Å². The summed E-state index contributed by atoms with van der Waals surface area (Å²) in [5, 5.41) is 0. The lowest BCUT2D eigenvalue weighted by atomic mass is 10.1. The van der Waals surface area contributed by atoms with Gasteiger partial charge in [0.05, 0.1) is 19.1 Å². The van der Waals surface area contributed by atoms with Gasteiger partial charge in [0.2, 0.25) is 11.8 Å². The standard InChI is InChI=1S/C22H23N2O3P/c1-15-8-10-18(11-9-15)27-22-19(12-13-21(28)23-22)24(16(2)25)14-17-6-4-5-7-20(17)26-3/h4-13H,14,28H2,1-3H3. The number of nitrogens with zero attached hydrogens (tertiary/aromatic N) is 2. The van der Waals surface area contributed by atoms with Gasteiger partial charge in [0.15, 0.2) is 0 Å². The maximum Gasteiger partial charge on any atom is 0.244 e. The number of ether oxygens (including phenoxy) is 2. The first-order chi connectivity index (χ1) is 13.5. The molecule has 0 N–H and O–H groups in total. The summed E-state index contributed by atoms with van der Waals surface area (Å²) < 4.78 is 11.5. The molecule has 0 aliphatic carbocycles. The third-order valence-electron chi connectivity index (χ3n) is 4.29. The van der Waals surface area contributed by atoms with Crippen molar-refractivity contribution in [1.82, 2.24) is 4.98 Å². The number of hydrogen-bond donors (Lipinski definition) is 0. The summed E-state index contributed by atoms with van der Waals surface area (Å²) >= 11 is 0. The molecule has 1 heterocycles. The minimum Gasteiger partial charge on any atom is -0.496 e. The highest BCUT2D eigenvalue weighted by molar-refractivity contribution is 7.26. The Bertz CT molecular complexity index is 974. The number of para-hydroxylation sites is 1. The molecule has 1 amide bonds. The van der Waals surface area contributed by atoms with E-state index >= 15 is 0 Å². The van der Waals surface area contributed by atoms with Crippen molar-refractivity contribution in [3.63, 3.8) is 0 Å². The van der Waals surface area contributed by atoms with E-state index in [9.17, 15) is 4.79 Å². The number of carbonyl (C=O) groups excluding carboxylic acids is 1. The lowest BCUT2D eigenvalue weighted by Crippen LogP contribution is -2.29. The summed E-state index contributed by atoms with van der Waals surface area (Å²) in [5.41, 5.74) is 3.37. The quantitative estimate of drug-likeness (QED) is 0.587. The van der Waals surface area contributed by atoms with Gasteiger partial charge in [-0.15, -0.1) is 0 Å². The van der Waals surface area contributed by atoms with Crippen molar-refractivity contribution in [3.8, 4) is 17.4 Å². The normalized spacial score (nSPS) is 10.4. The first-order valence-corrected chi connectivity index (χ1v) is 9.46. The molecule has 5 nitrogen and oxygen atoms in total. The first-order valence-electron chi connectivity index (χ1n) is 8.89. The van der Waals surface area contributed by atoms with Crippen LogP contribution in [0.4, 0.5) is 5.69 Å². The molecule has 1 unspecified atom stereocenters. The van der Waals surface area contributed by atoms with Crippen LogP contribution in [0, 0.1) is 6.92 Å². The van der Waals surface area contributed by atoms with E-state index in [0.29, 0.717) is 23.9 Å². The zero-order chi connectivity index (χ0) is 20.1. The zero-order valence-electron chi connectivity index (χ0n) is 16.2. The van der Waals surface area contributed by atoms with Crippen LogP contribution >= 0.6 is 9.24 Å². The highest BCUT2D eigenvalue weighted by atomic mass is 31.0. The average Bonchev–Trinajstić information content (AvgIpc) is 2.68. The molecule has 0 saturated carbocycles. The first kappa shape index (κ1) is 19.8. The van der Waals surface area contributed by atoms with Gasteiger partial charge in [0.1, 0.15) is 17.2 Å². The van der Waals surface area contributed by atoms with Crippen LogP contribution in [0.25, 0.3) is 0 Å². The van der Waals surface area contributed by atoms with E-state index in [0.717, 1.165) is 22.3 Å². The molecule has 0 bridgehead atoms. The van der Waals surface area contributed by atoms with E-state index in [1.54, 1.807) is 12.0 Å². The fraction of sp³-hybridized carbons (Fsp3) is 0.182. The summed E-state index contributed by atoms with van der Waals surface area (Å²) in [6.07, 6.45) is 0. The molecule has 0 spiro atoms. The van der Waals surface area contributed by atoms with Crippen LogP contribution in [0.5, 0.6) is 17.4 Å². The third-order valence-corrected chi connectivity index (χ3v) is 4.61. The predicted molar refractivity (Wildman–Crippen MR) is 115 cm³/mol. The maximum atomic E-state index is 12.5. The van der Waals surface area contributed by atoms with E-state index in [2.05, 4.69) is 14.2 Å². The Balaban J connectivity index is 1.98. The van der Waals surface area contributed by atoms with Crippen LogP contribution in [0.2, 0.25) is 0 Å². The number of anilines is 1. The van der Waals surface area contributed by atoms with Crippen LogP contribution in [0.15, 0.2) is 60.7 Å². The van der Waals surface area contributed by atoms with Gasteiger partial charge in [-0.3, -0.25) is 4.79 Å². The van der Waals surface area contributed by atoms with Crippen LogP contribution in [0.3, 0.4) is 0 Å². The van der Waals surface area contributed by atoms with Crippen molar-refractivity contribution in [2.45, 2.75) is 20.4 Å². The minimum atomic E-state index is -0.113. The fourth-order valence-corrected chi connectivity index (χ4v) is 3.03. The highest BCUT2D eigenvalue weighted by Crippen LogP contribution is 2.32. The second kappa shape index (κ2) is 8.85. The number of amides is 1. The van der Waals surface area contributed by atoms with Crippen molar-refractivity contribution in [3.05, 3.63) is 71.8 Å². The fourth-order valence-electron chi connectivity index (χ4n) is 2.82. The van der Waals surface area contributed by atoms with E-state index < -0.39 is 0 Å². The maximum absolute atomic E-state index is 12.5. The van der Waals surface area contributed by atoms with Crippen molar-refractivity contribution < 1.29 is 14.3 Å². The molecule has 0 aliphatic heterocycles. The van der Waals surface area contributed by atoms with E-state index in [-0.39, 0.29) is 5.91 Å². The Kier molecular flexibility index (Phi) is 6.27. The number of aromatic nitrogens is 1. The molecular weight excluding hydrogens is 371 g/mol. The largest absolute Gasteiger partial charge is 0.496 e. The molecule has 1 aromatic heterocycles. The van der Waals surface area contributed by atoms with Crippen molar-refractivity contribution in [2.75, 3.05) is 12.0 Å². The van der Waals surface area contributed by atoms with E-state index in [1.165, 1.54) is 6.92 Å². The van der Waals surface area contributed by atoms with Crippen LogP contribution < -0.4 is 19.8 Å². The number of benzene rings is 2. The van der Waals surface area contributed by atoms with Gasteiger partial charge in [-0.1, -0.05) is 45.1 Å². The molecule has 0 saturated heterocycles. The minimum absolute atomic E-state index is 0.113. The third kappa shape index (κ3) is 4.68. The van der Waals surface area contributed by atoms with Gasteiger partial charge in [0.25, 0.3) is 0 Å². The van der Waals surface area contributed by atoms with E-state index in [1.807, 2.05) is 67.6 Å². The van der Waals surface area contributed by atoms with E-state index in [4.69, 9.17) is 9.47 Å². The van der Waals surface area contributed by atoms with Crippen molar-refractivity contribution >= 4 is 26.3 Å². The molecule has 2 aromatic carbocycles. The van der Waals surface area contributed by atoms with Gasteiger partial charge in [-0.2, -0.15) is 0 Å². The number of hydrogen-bond acceptors (Lipinski definition) is 4. The molecule has 3 rings (SSSR count). The molecule has 28 heavy (non-hydrogen) atoms. The molecule has 144 valence electrons. The molecule has 0 fully saturated rings. The smallest absolute Gasteiger partial charge is 0.244 e. The van der Waals surface area contributed by atoms with Crippen LogP contribution in [-0.4, -0.2) is 18.0 Å². The summed E-state index contributed by atoms with van der Waals surface area (Å²) in [7, 11) is 4.17. The monoisotopic (exact) mass is 394 g/mol. The van der Waals surface area contributed by atoms with Gasteiger partial charge in [-0.05, 0) is 37.3 Å². The van der Waals surface area contributed by atoms with Crippen molar-refractivity contribution in [2.24, 2.45) is 0 Å². The second-order valence-corrected chi connectivity index (χ2v) is 6.98. The second-order valence-electron chi connectivity index (χ2n) is 6.39. The summed E-state index contributed by atoms with van der Waals surface area (Å²) in [4.78, 5) is 18.6.